The number of methoxy groups -OCH3 is 2. The number of carbonyl (C=O) groups excluding carboxylic acids is 2. The lowest BCUT2D eigenvalue weighted by Crippen LogP contribution is -2.28. The van der Waals surface area contributed by atoms with Crippen LogP contribution in [0.5, 0.6) is 17.2 Å². The van der Waals surface area contributed by atoms with Crippen LogP contribution in [0.2, 0.25) is 0 Å². The van der Waals surface area contributed by atoms with E-state index in [1.54, 1.807) is 50.6 Å². The lowest BCUT2D eigenvalue weighted by Gasteiger charge is -2.12. The van der Waals surface area contributed by atoms with Crippen LogP contribution in [-0.4, -0.2) is 32.6 Å². The third-order valence-corrected chi connectivity index (χ3v) is 5.31. The maximum atomic E-state index is 12.5. The number of nitrogens with one attached hydrogen (secondary N) is 2. The Morgan fingerprint density at radius 1 is 0.879 bits per heavy atom. The Morgan fingerprint density at radius 3 is 2.30 bits per heavy atom. The fourth-order valence-electron chi connectivity index (χ4n) is 3.18. The monoisotopic (exact) mass is 448 g/mol. The van der Waals surface area contributed by atoms with Crippen molar-refractivity contribution in [1.29, 1.82) is 0 Å². The number of aryl methyl sites for hydroxylation is 1. The summed E-state index contributed by atoms with van der Waals surface area (Å²) in [6.07, 6.45) is 0. The van der Waals surface area contributed by atoms with Gasteiger partial charge in [-0.2, -0.15) is 0 Å². The largest absolute Gasteiger partial charge is 0.497 e. The van der Waals surface area contributed by atoms with E-state index in [1.165, 1.54) is 0 Å². The van der Waals surface area contributed by atoms with E-state index in [-0.39, 0.29) is 18.4 Å². The van der Waals surface area contributed by atoms with Crippen LogP contribution in [0.4, 0.5) is 5.69 Å². The fourth-order valence-corrected chi connectivity index (χ4v) is 3.18. The molecule has 0 bridgehead atoms. The number of rotatable bonds is 9. The second-order valence-electron chi connectivity index (χ2n) is 7.47. The van der Waals surface area contributed by atoms with Crippen molar-refractivity contribution in [2.45, 2.75) is 20.4 Å². The summed E-state index contributed by atoms with van der Waals surface area (Å²) in [5.41, 5.74) is 4.25. The molecule has 2 N–H and O–H groups in total. The van der Waals surface area contributed by atoms with Crippen molar-refractivity contribution >= 4 is 17.5 Å². The molecule has 0 saturated heterocycles. The highest BCUT2D eigenvalue weighted by atomic mass is 16.5. The molecule has 0 radical (unpaired) electrons. The predicted molar refractivity (Wildman–Crippen MR) is 127 cm³/mol. The van der Waals surface area contributed by atoms with Crippen LogP contribution in [0, 0.1) is 13.8 Å². The van der Waals surface area contributed by atoms with Crippen LogP contribution in [0.3, 0.4) is 0 Å². The topological polar surface area (TPSA) is 85.9 Å². The number of amides is 2. The Balaban J connectivity index is 1.50. The van der Waals surface area contributed by atoms with Crippen LogP contribution in [0.15, 0.2) is 60.7 Å². The summed E-state index contributed by atoms with van der Waals surface area (Å²) in [6.45, 7) is 4.12. The van der Waals surface area contributed by atoms with Gasteiger partial charge in [-0.3, -0.25) is 9.59 Å². The number of carbonyl (C=O) groups is 2. The molecule has 0 saturated carbocycles. The summed E-state index contributed by atoms with van der Waals surface area (Å²) in [4.78, 5) is 24.7. The average molecular weight is 449 g/mol. The first-order valence-corrected chi connectivity index (χ1v) is 10.5. The maximum absolute atomic E-state index is 12.5. The highest BCUT2D eigenvalue weighted by molar-refractivity contribution is 6.04. The van der Waals surface area contributed by atoms with Crippen molar-refractivity contribution in [3.8, 4) is 17.2 Å². The molecule has 0 heterocycles. The smallest absolute Gasteiger partial charge is 0.258 e. The molecule has 0 aliphatic carbocycles. The zero-order valence-electron chi connectivity index (χ0n) is 19.2. The molecular formula is C26H28N2O5. The van der Waals surface area contributed by atoms with Gasteiger partial charge in [-0.15, -0.1) is 0 Å². The number of ether oxygens (including phenoxy) is 3. The van der Waals surface area contributed by atoms with Gasteiger partial charge in [-0.1, -0.05) is 12.1 Å². The molecule has 0 fully saturated rings. The molecular weight excluding hydrogens is 420 g/mol. The molecule has 2 amide bonds. The molecule has 0 atom stereocenters. The minimum atomic E-state index is -0.274. The standard InChI is InChI=1S/C26H28N2O5/c1-17-6-5-7-23(18(17)2)28-26(30)19-8-11-21(12-9-19)33-16-25(29)27-15-20-10-13-22(31-3)14-24(20)32-4/h5-14H,15-16H2,1-4H3,(H,27,29)(H,28,30). The Bertz CT molecular complexity index is 1130. The van der Waals surface area contributed by atoms with Crippen molar-refractivity contribution < 1.29 is 23.8 Å². The molecule has 0 aromatic heterocycles. The van der Waals surface area contributed by atoms with Crippen LogP contribution in [-0.2, 0) is 11.3 Å². The minimum absolute atomic E-state index is 0.146. The third-order valence-electron chi connectivity index (χ3n) is 5.31. The molecule has 172 valence electrons. The maximum Gasteiger partial charge on any atom is 0.258 e. The number of hydrogen-bond acceptors (Lipinski definition) is 5. The first-order valence-electron chi connectivity index (χ1n) is 10.5. The van der Waals surface area contributed by atoms with Crippen molar-refractivity contribution in [1.82, 2.24) is 5.32 Å². The fraction of sp³-hybridized carbons (Fsp3) is 0.231. The van der Waals surface area contributed by atoms with Gasteiger partial charge in [0.25, 0.3) is 11.8 Å². The quantitative estimate of drug-likeness (QED) is 0.511. The van der Waals surface area contributed by atoms with Gasteiger partial charge in [0.2, 0.25) is 0 Å². The molecule has 0 aliphatic rings. The summed E-state index contributed by atoms with van der Waals surface area (Å²) < 4.78 is 16.1. The first kappa shape index (κ1) is 23.7. The number of benzene rings is 3. The zero-order chi connectivity index (χ0) is 23.8. The number of anilines is 1. The Kier molecular flexibility index (Phi) is 7.91. The lowest BCUT2D eigenvalue weighted by atomic mass is 10.1. The summed E-state index contributed by atoms with van der Waals surface area (Å²) in [5.74, 6) is 1.32. The zero-order valence-corrected chi connectivity index (χ0v) is 19.2. The van der Waals surface area contributed by atoms with E-state index in [4.69, 9.17) is 14.2 Å². The van der Waals surface area contributed by atoms with Gasteiger partial charge >= 0.3 is 0 Å². The highest BCUT2D eigenvalue weighted by Gasteiger charge is 2.10. The Labute approximate surface area is 193 Å². The molecule has 3 rings (SSSR count). The molecule has 0 aliphatic heterocycles. The van der Waals surface area contributed by atoms with Crippen molar-refractivity contribution in [2.24, 2.45) is 0 Å². The molecule has 7 nitrogen and oxygen atoms in total. The number of hydrogen-bond donors (Lipinski definition) is 2. The first-order chi connectivity index (χ1) is 15.9. The molecule has 0 unspecified atom stereocenters. The van der Waals surface area contributed by atoms with Crippen molar-refractivity contribution in [2.75, 3.05) is 26.1 Å². The van der Waals surface area contributed by atoms with Crippen LogP contribution < -0.4 is 24.8 Å². The predicted octanol–water partition coefficient (Wildman–Crippen LogP) is 4.27. The van der Waals surface area contributed by atoms with E-state index in [9.17, 15) is 9.59 Å². The van der Waals surface area contributed by atoms with E-state index in [0.717, 1.165) is 22.4 Å². The van der Waals surface area contributed by atoms with Gasteiger partial charge in [0.05, 0.1) is 14.2 Å². The summed E-state index contributed by atoms with van der Waals surface area (Å²) >= 11 is 0. The van der Waals surface area contributed by atoms with Gasteiger partial charge in [-0.05, 0) is 67.4 Å². The van der Waals surface area contributed by atoms with E-state index >= 15 is 0 Å². The summed E-state index contributed by atoms with van der Waals surface area (Å²) in [6, 6.07) is 17.8. The van der Waals surface area contributed by atoms with Crippen molar-refractivity contribution in [3.05, 3.63) is 82.9 Å². The van der Waals surface area contributed by atoms with E-state index in [1.807, 2.05) is 38.1 Å². The van der Waals surface area contributed by atoms with Gasteiger partial charge in [0.1, 0.15) is 17.2 Å². The molecule has 7 heteroatoms. The van der Waals surface area contributed by atoms with Crippen LogP contribution in [0.1, 0.15) is 27.0 Å². The SMILES string of the molecule is COc1ccc(CNC(=O)COc2ccc(C(=O)Nc3cccc(C)c3C)cc2)c(OC)c1. The van der Waals surface area contributed by atoms with Gasteiger partial charge in [0.15, 0.2) is 6.61 Å². The van der Waals surface area contributed by atoms with Crippen molar-refractivity contribution in [3.63, 3.8) is 0 Å². The molecule has 33 heavy (non-hydrogen) atoms. The lowest BCUT2D eigenvalue weighted by molar-refractivity contribution is -0.123. The van der Waals surface area contributed by atoms with E-state index in [2.05, 4.69) is 10.6 Å². The molecule has 0 spiro atoms. The van der Waals surface area contributed by atoms with Gasteiger partial charge < -0.3 is 24.8 Å². The highest BCUT2D eigenvalue weighted by Crippen LogP contribution is 2.24. The van der Waals surface area contributed by atoms with Gasteiger partial charge in [-0.25, -0.2) is 0 Å². The average Bonchev–Trinajstić information content (AvgIpc) is 2.84. The molecule has 3 aromatic carbocycles. The van der Waals surface area contributed by atoms with E-state index in [0.29, 0.717) is 29.4 Å². The second kappa shape index (κ2) is 11.0. The van der Waals surface area contributed by atoms with Crippen LogP contribution >= 0.6 is 0 Å². The van der Waals surface area contributed by atoms with Gasteiger partial charge in [0, 0.05) is 29.4 Å². The second-order valence-corrected chi connectivity index (χ2v) is 7.47. The summed E-state index contributed by atoms with van der Waals surface area (Å²) in [5, 5.41) is 5.72. The minimum Gasteiger partial charge on any atom is -0.497 e. The Hall–Kier alpha value is -4.00. The molecule has 3 aromatic rings. The third kappa shape index (κ3) is 6.26. The van der Waals surface area contributed by atoms with E-state index < -0.39 is 0 Å². The normalized spacial score (nSPS) is 10.3. The van der Waals surface area contributed by atoms with Crippen LogP contribution in [0.25, 0.3) is 0 Å². The summed E-state index contributed by atoms with van der Waals surface area (Å²) in [7, 11) is 3.15. The Morgan fingerprint density at radius 2 is 1.61 bits per heavy atom.